The van der Waals surface area contributed by atoms with Gasteiger partial charge in [-0.3, -0.25) is 4.79 Å². The van der Waals surface area contributed by atoms with Crippen LogP contribution in [0.4, 0.5) is 0 Å². The molecule has 5 heteroatoms. The predicted molar refractivity (Wildman–Crippen MR) is 63.8 cm³/mol. The smallest absolute Gasteiger partial charge is 0.248 e. The van der Waals surface area contributed by atoms with Crippen molar-refractivity contribution in [2.75, 3.05) is 60.2 Å². The van der Waals surface area contributed by atoms with Crippen LogP contribution in [-0.4, -0.2) is 75.9 Å². The molecule has 1 amide bonds. The molecule has 2 saturated heterocycles. The van der Waals surface area contributed by atoms with E-state index in [4.69, 9.17) is 9.47 Å². The number of amides is 1. The van der Waals surface area contributed by atoms with Gasteiger partial charge in [-0.25, -0.2) is 0 Å². The molecular weight excluding hydrogens is 220 g/mol. The van der Waals surface area contributed by atoms with E-state index in [2.05, 4.69) is 4.90 Å². The molecular formula is C12H22N2O3. The highest BCUT2D eigenvalue weighted by atomic mass is 16.5. The summed E-state index contributed by atoms with van der Waals surface area (Å²) in [4.78, 5) is 15.9. The van der Waals surface area contributed by atoms with Crippen molar-refractivity contribution < 1.29 is 14.3 Å². The lowest BCUT2D eigenvalue weighted by molar-refractivity contribution is -0.146. The molecule has 0 N–H and O–H groups in total. The summed E-state index contributed by atoms with van der Waals surface area (Å²) in [5, 5.41) is 0. The van der Waals surface area contributed by atoms with Crippen LogP contribution in [0.5, 0.6) is 0 Å². The molecule has 2 rings (SSSR count). The van der Waals surface area contributed by atoms with Crippen LogP contribution >= 0.6 is 0 Å². The van der Waals surface area contributed by atoms with Crippen LogP contribution < -0.4 is 0 Å². The number of ether oxygens (including phenoxy) is 2. The fourth-order valence-electron chi connectivity index (χ4n) is 2.85. The topological polar surface area (TPSA) is 42.0 Å². The van der Waals surface area contributed by atoms with E-state index in [-0.39, 0.29) is 12.5 Å². The number of carbonyl (C=O) groups is 1. The molecule has 1 spiro atoms. The second kappa shape index (κ2) is 5.33. The minimum absolute atomic E-state index is 0.119. The summed E-state index contributed by atoms with van der Waals surface area (Å²) in [6.45, 7) is 6.05. The summed E-state index contributed by atoms with van der Waals surface area (Å²) in [5.74, 6) is 0.119. The molecule has 0 unspecified atom stereocenters. The van der Waals surface area contributed by atoms with Crippen LogP contribution in [0.3, 0.4) is 0 Å². The van der Waals surface area contributed by atoms with E-state index in [1.54, 1.807) is 14.2 Å². The second-order valence-corrected chi connectivity index (χ2v) is 5.20. The molecule has 0 aromatic carbocycles. The highest BCUT2D eigenvalue weighted by Crippen LogP contribution is 2.39. The van der Waals surface area contributed by atoms with Gasteiger partial charge in [-0.2, -0.15) is 0 Å². The molecule has 2 aliphatic rings. The summed E-state index contributed by atoms with van der Waals surface area (Å²) < 4.78 is 9.96. The van der Waals surface area contributed by atoms with Crippen LogP contribution in [-0.2, 0) is 14.3 Å². The molecule has 2 aliphatic heterocycles. The van der Waals surface area contributed by atoms with Crippen molar-refractivity contribution in [2.24, 2.45) is 5.41 Å². The lowest BCUT2D eigenvalue weighted by Crippen LogP contribution is -2.60. The molecule has 0 aliphatic carbocycles. The van der Waals surface area contributed by atoms with Crippen LogP contribution in [0.1, 0.15) is 6.42 Å². The van der Waals surface area contributed by atoms with Gasteiger partial charge < -0.3 is 19.3 Å². The first-order valence-electron chi connectivity index (χ1n) is 6.17. The Hall–Kier alpha value is -0.650. The number of hydrogen-bond donors (Lipinski definition) is 0. The largest absolute Gasteiger partial charge is 0.383 e. The molecule has 17 heavy (non-hydrogen) atoms. The van der Waals surface area contributed by atoms with E-state index in [1.807, 2.05) is 4.90 Å². The fraction of sp³-hybridized carbons (Fsp3) is 0.917. The maximum absolute atomic E-state index is 11.6. The van der Waals surface area contributed by atoms with E-state index >= 15 is 0 Å². The number of methoxy groups -OCH3 is 2. The lowest BCUT2D eigenvalue weighted by Gasteiger charge is -2.48. The van der Waals surface area contributed by atoms with Gasteiger partial charge in [-0.1, -0.05) is 0 Å². The number of nitrogens with zero attached hydrogens (tertiary/aromatic N) is 2. The SMILES string of the molecule is COCCN1CCC2(C1)CN(C(=O)COC)C2. The Labute approximate surface area is 103 Å². The zero-order valence-corrected chi connectivity index (χ0v) is 10.8. The van der Waals surface area contributed by atoms with Crippen molar-refractivity contribution in [1.29, 1.82) is 0 Å². The third-order valence-electron chi connectivity index (χ3n) is 3.80. The summed E-state index contributed by atoms with van der Waals surface area (Å²) in [6.07, 6.45) is 1.20. The fourth-order valence-corrected chi connectivity index (χ4v) is 2.85. The Kier molecular flexibility index (Phi) is 4.01. The molecule has 0 aromatic heterocycles. The molecule has 0 bridgehead atoms. The van der Waals surface area contributed by atoms with Gasteiger partial charge in [0.2, 0.25) is 5.91 Å². The van der Waals surface area contributed by atoms with E-state index < -0.39 is 0 Å². The minimum atomic E-state index is 0.119. The first kappa shape index (κ1) is 12.8. The first-order valence-corrected chi connectivity index (χ1v) is 6.17. The number of rotatable bonds is 5. The normalized spacial score (nSPS) is 23.1. The van der Waals surface area contributed by atoms with Gasteiger partial charge in [0, 0.05) is 45.8 Å². The highest BCUT2D eigenvalue weighted by Gasteiger charge is 2.48. The van der Waals surface area contributed by atoms with Crippen LogP contribution in [0, 0.1) is 5.41 Å². The van der Waals surface area contributed by atoms with Crippen molar-refractivity contribution in [3.63, 3.8) is 0 Å². The number of carbonyl (C=O) groups excluding carboxylic acids is 1. The van der Waals surface area contributed by atoms with Crippen molar-refractivity contribution in [3.8, 4) is 0 Å². The van der Waals surface area contributed by atoms with Gasteiger partial charge in [0.1, 0.15) is 6.61 Å². The summed E-state index contributed by atoms with van der Waals surface area (Å²) in [7, 11) is 3.30. The molecule has 2 heterocycles. The molecule has 0 aromatic rings. The van der Waals surface area contributed by atoms with Gasteiger partial charge >= 0.3 is 0 Å². The third kappa shape index (κ3) is 2.78. The minimum Gasteiger partial charge on any atom is -0.383 e. The quantitative estimate of drug-likeness (QED) is 0.670. The summed E-state index contributed by atoms with van der Waals surface area (Å²) >= 11 is 0. The first-order chi connectivity index (χ1) is 8.19. The van der Waals surface area contributed by atoms with E-state index in [0.29, 0.717) is 5.41 Å². The number of hydrogen-bond acceptors (Lipinski definition) is 4. The van der Waals surface area contributed by atoms with Crippen molar-refractivity contribution in [2.45, 2.75) is 6.42 Å². The van der Waals surface area contributed by atoms with Gasteiger partial charge in [-0.15, -0.1) is 0 Å². The Morgan fingerprint density at radius 2 is 2.00 bits per heavy atom. The lowest BCUT2D eigenvalue weighted by atomic mass is 9.79. The Balaban J connectivity index is 1.73. The van der Waals surface area contributed by atoms with Gasteiger partial charge in [0.15, 0.2) is 0 Å². The second-order valence-electron chi connectivity index (χ2n) is 5.20. The molecule has 2 fully saturated rings. The van der Waals surface area contributed by atoms with Crippen molar-refractivity contribution in [3.05, 3.63) is 0 Å². The van der Waals surface area contributed by atoms with Gasteiger partial charge in [-0.05, 0) is 13.0 Å². The van der Waals surface area contributed by atoms with Gasteiger partial charge in [0.25, 0.3) is 0 Å². The van der Waals surface area contributed by atoms with Gasteiger partial charge in [0.05, 0.1) is 6.61 Å². The van der Waals surface area contributed by atoms with E-state index in [9.17, 15) is 4.79 Å². The molecule has 0 saturated carbocycles. The number of likely N-dealkylation sites (tertiary alicyclic amines) is 2. The van der Waals surface area contributed by atoms with Crippen LogP contribution in [0.15, 0.2) is 0 Å². The monoisotopic (exact) mass is 242 g/mol. The average molecular weight is 242 g/mol. The maximum atomic E-state index is 11.6. The van der Waals surface area contributed by atoms with E-state index in [1.165, 1.54) is 6.42 Å². The summed E-state index contributed by atoms with van der Waals surface area (Å²) in [5.41, 5.74) is 0.358. The van der Waals surface area contributed by atoms with Crippen molar-refractivity contribution in [1.82, 2.24) is 9.80 Å². The van der Waals surface area contributed by atoms with Crippen LogP contribution in [0.25, 0.3) is 0 Å². The van der Waals surface area contributed by atoms with E-state index in [0.717, 1.165) is 39.3 Å². The zero-order chi connectivity index (χ0) is 12.3. The molecule has 0 radical (unpaired) electrons. The van der Waals surface area contributed by atoms with Crippen LogP contribution in [0.2, 0.25) is 0 Å². The van der Waals surface area contributed by atoms with Crippen molar-refractivity contribution >= 4 is 5.91 Å². The highest BCUT2D eigenvalue weighted by molar-refractivity contribution is 5.78. The molecule has 98 valence electrons. The summed E-state index contributed by atoms with van der Waals surface area (Å²) in [6, 6.07) is 0. The Morgan fingerprint density at radius 1 is 1.24 bits per heavy atom. The standard InChI is InChI=1S/C12H22N2O3/c1-16-6-5-13-4-3-12(8-13)9-14(10-12)11(15)7-17-2/h3-10H2,1-2H3. The third-order valence-corrected chi connectivity index (χ3v) is 3.80. The zero-order valence-electron chi connectivity index (χ0n) is 10.8. The predicted octanol–water partition coefficient (Wildman–Crippen LogP) is -0.186. The molecule has 5 nitrogen and oxygen atoms in total. The Morgan fingerprint density at radius 3 is 2.65 bits per heavy atom. The Bertz CT molecular complexity index is 277. The average Bonchev–Trinajstić information content (AvgIpc) is 2.69. The maximum Gasteiger partial charge on any atom is 0.248 e. The molecule has 0 atom stereocenters.